The van der Waals surface area contributed by atoms with E-state index in [4.69, 9.17) is 5.73 Å². The van der Waals surface area contributed by atoms with Crippen LogP contribution in [0.3, 0.4) is 0 Å². The third kappa shape index (κ3) is 4.36. The summed E-state index contributed by atoms with van der Waals surface area (Å²) in [6.45, 7) is 3.59. The Morgan fingerprint density at radius 1 is 1.06 bits per heavy atom. The van der Waals surface area contributed by atoms with Crippen molar-refractivity contribution in [2.75, 3.05) is 19.6 Å². The number of nitrogens with one attached hydrogen (secondary N) is 3. The minimum atomic E-state index is -0.478. The van der Waals surface area contributed by atoms with Gasteiger partial charge in [0.15, 0.2) is 0 Å². The first kappa shape index (κ1) is 20.2. The summed E-state index contributed by atoms with van der Waals surface area (Å²) < 4.78 is 14.5. The maximum Gasteiger partial charge on any atom is 0.250 e. The van der Waals surface area contributed by atoms with Gasteiger partial charge in [-0.15, -0.1) is 0 Å². The average molecular weight is 421 g/mol. The monoisotopic (exact) mass is 420 g/mol. The number of hydrogen-bond donors (Lipinski definition) is 4. The number of aromatic nitrogens is 1. The van der Waals surface area contributed by atoms with Crippen LogP contribution in [0.15, 0.2) is 36.5 Å². The van der Waals surface area contributed by atoms with E-state index in [-0.39, 0.29) is 5.82 Å². The van der Waals surface area contributed by atoms with Crippen molar-refractivity contribution in [1.82, 2.24) is 15.6 Å². The summed E-state index contributed by atoms with van der Waals surface area (Å²) in [5.41, 5.74) is 10.6. The topological polar surface area (TPSA) is 82.9 Å². The van der Waals surface area contributed by atoms with Crippen LogP contribution in [0.25, 0.3) is 22.0 Å². The summed E-state index contributed by atoms with van der Waals surface area (Å²) in [6.07, 6.45) is 6.69. The van der Waals surface area contributed by atoms with Crippen molar-refractivity contribution in [3.63, 3.8) is 0 Å². The van der Waals surface area contributed by atoms with Crippen molar-refractivity contribution in [3.8, 4) is 11.1 Å². The van der Waals surface area contributed by atoms with E-state index in [1.807, 2.05) is 12.3 Å². The molecule has 0 atom stereocenters. The van der Waals surface area contributed by atoms with Crippen molar-refractivity contribution in [3.05, 3.63) is 59.0 Å². The van der Waals surface area contributed by atoms with Crippen molar-refractivity contribution < 1.29 is 9.18 Å². The molecule has 162 valence electrons. The summed E-state index contributed by atoms with van der Waals surface area (Å²) in [7, 11) is 0. The van der Waals surface area contributed by atoms with Crippen LogP contribution in [0.1, 0.15) is 53.1 Å². The number of H-pyrrole nitrogens is 1. The Balaban J connectivity index is 1.54. The fourth-order valence-electron chi connectivity index (χ4n) is 4.75. The van der Waals surface area contributed by atoms with Crippen LogP contribution in [0, 0.1) is 11.7 Å². The van der Waals surface area contributed by atoms with Gasteiger partial charge in [0.2, 0.25) is 0 Å². The molecule has 0 spiro atoms. The quantitative estimate of drug-likeness (QED) is 0.466. The molecule has 2 fully saturated rings. The molecule has 5 N–H and O–H groups in total. The Labute approximate surface area is 181 Å². The van der Waals surface area contributed by atoms with Gasteiger partial charge in [0, 0.05) is 18.1 Å². The normalized spacial score (nSPS) is 17.3. The van der Waals surface area contributed by atoms with E-state index in [0.717, 1.165) is 66.0 Å². The average Bonchev–Trinajstić information content (AvgIpc) is 3.49. The van der Waals surface area contributed by atoms with Crippen LogP contribution < -0.4 is 16.4 Å². The predicted octanol–water partition coefficient (Wildman–Crippen LogP) is 4.04. The van der Waals surface area contributed by atoms with Crippen LogP contribution in [-0.4, -0.2) is 30.5 Å². The van der Waals surface area contributed by atoms with Crippen molar-refractivity contribution >= 4 is 16.8 Å². The number of amides is 1. The molecule has 0 bridgehead atoms. The zero-order valence-electron chi connectivity index (χ0n) is 17.6. The lowest BCUT2D eigenvalue weighted by Gasteiger charge is -2.22. The Morgan fingerprint density at radius 2 is 1.84 bits per heavy atom. The van der Waals surface area contributed by atoms with Crippen molar-refractivity contribution in [2.45, 2.75) is 38.1 Å². The van der Waals surface area contributed by atoms with Crippen molar-refractivity contribution in [2.24, 2.45) is 11.7 Å². The highest BCUT2D eigenvalue weighted by molar-refractivity contribution is 6.07. The predicted molar refractivity (Wildman–Crippen MR) is 121 cm³/mol. The molecule has 2 aliphatic rings. The number of hydrogen-bond acceptors (Lipinski definition) is 3. The molecule has 5 rings (SSSR count). The summed E-state index contributed by atoms with van der Waals surface area (Å²) in [6, 6.07) is 8.97. The van der Waals surface area contributed by atoms with Gasteiger partial charge < -0.3 is 21.4 Å². The van der Waals surface area contributed by atoms with Crippen LogP contribution in [-0.2, 0) is 6.54 Å². The Morgan fingerprint density at radius 3 is 2.58 bits per heavy atom. The number of rotatable bonds is 7. The van der Waals surface area contributed by atoms with Gasteiger partial charge in [-0.2, -0.15) is 0 Å². The maximum atomic E-state index is 14.5. The number of halogens is 1. The van der Waals surface area contributed by atoms with E-state index in [0.29, 0.717) is 18.0 Å². The number of fused-ring (bicyclic) bond motifs is 1. The number of nitrogens with two attached hydrogens (primary N) is 1. The van der Waals surface area contributed by atoms with Crippen LogP contribution in [0.2, 0.25) is 0 Å². The Kier molecular flexibility index (Phi) is 5.50. The molecule has 1 aliphatic heterocycles. The molecule has 6 heteroatoms. The van der Waals surface area contributed by atoms with Gasteiger partial charge in [0.05, 0.1) is 11.1 Å². The highest BCUT2D eigenvalue weighted by Crippen LogP contribution is 2.36. The van der Waals surface area contributed by atoms with Gasteiger partial charge in [-0.1, -0.05) is 0 Å². The van der Waals surface area contributed by atoms with E-state index in [2.05, 4.69) is 21.7 Å². The smallest absolute Gasteiger partial charge is 0.250 e. The lowest BCUT2D eigenvalue weighted by molar-refractivity contribution is 0.100. The number of carbonyl (C=O) groups excluding carboxylic acids is 1. The molecular formula is C25H29FN4O. The first-order valence-corrected chi connectivity index (χ1v) is 11.2. The molecule has 3 aromatic rings. The van der Waals surface area contributed by atoms with E-state index >= 15 is 0 Å². The first-order valence-electron chi connectivity index (χ1n) is 11.2. The third-order valence-corrected chi connectivity index (χ3v) is 6.62. The standard InChI is InChI=1S/C25H29FN4O/c26-20-8-16(13-29-12-15-1-2-15)7-18(9-20)19-10-21-23(17-3-5-28-6-4-17)14-30-24(21)22(11-19)25(27)31/h7-11,14-15,17,28-30H,1-6,12-13H2,(H2,27,31). The third-order valence-electron chi connectivity index (χ3n) is 6.62. The first-order chi connectivity index (χ1) is 15.1. The summed E-state index contributed by atoms with van der Waals surface area (Å²) in [5, 5.41) is 7.83. The molecule has 1 saturated heterocycles. The second kappa shape index (κ2) is 8.44. The summed E-state index contributed by atoms with van der Waals surface area (Å²) in [5.74, 6) is 0.457. The molecule has 5 nitrogen and oxygen atoms in total. The van der Waals surface area contributed by atoms with Gasteiger partial charge in [-0.25, -0.2) is 4.39 Å². The number of primary amides is 1. The molecule has 0 unspecified atom stereocenters. The fraction of sp³-hybridized carbons (Fsp3) is 0.400. The number of carbonyl (C=O) groups is 1. The summed E-state index contributed by atoms with van der Waals surface area (Å²) in [4.78, 5) is 15.5. The van der Waals surface area contributed by atoms with E-state index < -0.39 is 5.91 Å². The zero-order chi connectivity index (χ0) is 21.4. The van der Waals surface area contributed by atoms with Crippen LogP contribution in [0.4, 0.5) is 4.39 Å². The number of benzene rings is 2. The minimum absolute atomic E-state index is 0.269. The highest BCUT2D eigenvalue weighted by Gasteiger charge is 2.22. The largest absolute Gasteiger partial charge is 0.366 e. The van der Waals surface area contributed by atoms with Gasteiger partial charge in [-0.3, -0.25) is 4.79 Å². The number of piperidine rings is 1. The molecule has 1 amide bonds. The van der Waals surface area contributed by atoms with Crippen LogP contribution >= 0.6 is 0 Å². The van der Waals surface area contributed by atoms with E-state index in [1.165, 1.54) is 24.5 Å². The fourth-order valence-corrected chi connectivity index (χ4v) is 4.75. The molecule has 1 aromatic heterocycles. The van der Waals surface area contributed by atoms with Crippen molar-refractivity contribution in [1.29, 1.82) is 0 Å². The van der Waals surface area contributed by atoms with Gasteiger partial charge in [0.25, 0.3) is 5.91 Å². The molecule has 2 aromatic carbocycles. The second-order valence-electron chi connectivity index (χ2n) is 9.00. The molecule has 1 aliphatic carbocycles. The highest BCUT2D eigenvalue weighted by atomic mass is 19.1. The number of aromatic amines is 1. The van der Waals surface area contributed by atoms with Crippen LogP contribution in [0.5, 0.6) is 0 Å². The second-order valence-corrected chi connectivity index (χ2v) is 9.00. The molecule has 1 saturated carbocycles. The lowest BCUT2D eigenvalue weighted by atomic mass is 9.88. The van der Waals surface area contributed by atoms with E-state index in [1.54, 1.807) is 12.1 Å². The van der Waals surface area contributed by atoms with E-state index in [9.17, 15) is 9.18 Å². The SMILES string of the molecule is NC(=O)c1cc(-c2cc(F)cc(CNCC3CC3)c2)cc2c(C3CCNCC3)c[nH]c12. The molecule has 0 radical (unpaired) electrons. The molecule has 31 heavy (non-hydrogen) atoms. The van der Waals surface area contributed by atoms with Gasteiger partial charge in [0.1, 0.15) is 5.82 Å². The lowest BCUT2D eigenvalue weighted by Crippen LogP contribution is -2.26. The summed E-state index contributed by atoms with van der Waals surface area (Å²) >= 11 is 0. The Hall–Kier alpha value is -2.70. The molecular weight excluding hydrogens is 391 g/mol. The Bertz CT molecular complexity index is 1110. The van der Waals surface area contributed by atoms with Gasteiger partial charge >= 0.3 is 0 Å². The van der Waals surface area contributed by atoms with Gasteiger partial charge in [-0.05, 0) is 110 Å². The minimum Gasteiger partial charge on any atom is -0.366 e. The zero-order valence-corrected chi connectivity index (χ0v) is 17.6. The maximum absolute atomic E-state index is 14.5. The molecule has 2 heterocycles.